The number of unbranched alkanes of at least 4 members (excludes halogenated alkanes) is 1. The zero-order valence-electron chi connectivity index (χ0n) is 11.5. The maximum atomic E-state index is 11.8. The average Bonchev–Trinajstić information content (AvgIpc) is 2.52. The van der Waals surface area contributed by atoms with Crippen molar-refractivity contribution < 1.29 is 4.79 Å². The monoisotopic (exact) mass is 268 g/mol. The van der Waals surface area contributed by atoms with E-state index in [0.29, 0.717) is 6.54 Å². The molecule has 20 heavy (non-hydrogen) atoms. The van der Waals surface area contributed by atoms with Gasteiger partial charge in [-0.05, 0) is 37.1 Å². The summed E-state index contributed by atoms with van der Waals surface area (Å²) >= 11 is 0. The van der Waals surface area contributed by atoms with E-state index in [9.17, 15) is 4.79 Å². The van der Waals surface area contributed by atoms with Gasteiger partial charge in [-0.1, -0.05) is 36.4 Å². The Kier molecular flexibility index (Phi) is 5.65. The van der Waals surface area contributed by atoms with Crippen LogP contribution in [0.15, 0.2) is 60.7 Å². The van der Waals surface area contributed by atoms with Gasteiger partial charge in [0.05, 0.1) is 0 Å². The molecule has 0 aliphatic carbocycles. The van der Waals surface area contributed by atoms with Crippen LogP contribution < -0.4 is 10.6 Å². The van der Waals surface area contributed by atoms with E-state index >= 15 is 0 Å². The highest BCUT2D eigenvalue weighted by atomic mass is 16.1. The van der Waals surface area contributed by atoms with Crippen LogP contribution in [-0.2, 0) is 0 Å². The molecule has 0 bridgehead atoms. The molecule has 1 amide bonds. The summed E-state index contributed by atoms with van der Waals surface area (Å²) in [5.41, 5.74) is 1.86. The van der Waals surface area contributed by atoms with E-state index in [-0.39, 0.29) is 5.91 Å². The molecule has 2 aromatic rings. The Morgan fingerprint density at radius 2 is 1.40 bits per heavy atom. The average molecular weight is 268 g/mol. The van der Waals surface area contributed by atoms with Crippen molar-refractivity contribution in [2.45, 2.75) is 12.8 Å². The van der Waals surface area contributed by atoms with Gasteiger partial charge < -0.3 is 10.6 Å². The normalized spacial score (nSPS) is 10.0. The summed E-state index contributed by atoms with van der Waals surface area (Å²) < 4.78 is 0. The van der Waals surface area contributed by atoms with Crippen LogP contribution in [0.1, 0.15) is 23.2 Å². The molecule has 0 aliphatic heterocycles. The SMILES string of the molecule is O=C(NCCCCNc1ccccc1)c1ccccc1. The predicted octanol–water partition coefficient (Wildman–Crippen LogP) is 3.31. The lowest BCUT2D eigenvalue weighted by Crippen LogP contribution is -2.24. The van der Waals surface area contributed by atoms with E-state index in [1.165, 1.54) is 0 Å². The lowest BCUT2D eigenvalue weighted by Gasteiger charge is -2.07. The fraction of sp³-hybridized carbons (Fsp3) is 0.235. The number of carbonyl (C=O) groups excluding carboxylic acids is 1. The molecule has 0 aromatic heterocycles. The quantitative estimate of drug-likeness (QED) is 0.756. The summed E-state index contributed by atoms with van der Waals surface area (Å²) in [6.07, 6.45) is 2.00. The Morgan fingerprint density at radius 1 is 0.800 bits per heavy atom. The fourth-order valence-electron chi connectivity index (χ4n) is 1.93. The summed E-state index contributed by atoms with van der Waals surface area (Å²) in [6.45, 7) is 1.63. The third-order valence-electron chi connectivity index (χ3n) is 3.03. The smallest absolute Gasteiger partial charge is 0.251 e. The van der Waals surface area contributed by atoms with Crippen molar-refractivity contribution in [3.63, 3.8) is 0 Å². The first-order chi connectivity index (χ1) is 9.86. The molecule has 2 N–H and O–H groups in total. The van der Waals surface area contributed by atoms with E-state index < -0.39 is 0 Å². The van der Waals surface area contributed by atoms with Gasteiger partial charge in [0.15, 0.2) is 0 Å². The number of para-hydroxylation sites is 1. The standard InChI is InChI=1S/C17H20N2O/c20-17(15-9-3-1-4-10-15)19-14-8-7-13-18-16-11-5-2-6-12-16/h1-6,9-12,18H,7-8,13-14H2,(H,19,20). The van der Waals surface area contributed by atoms with Crippen LogP contribution >= 0.6 is 0 Å². The van der Waals surface area contributed by atoms with Crippen LogP contribution in [0.2, 0.25) is 0 Å². The fourth-order valence-corrected chi connectivity index (χ4v) is 1.93. The van der Waals surface area contributed by atoms with Gasteiger partial charge in [-0.2, -0.15) is 0 Å². The van der Waals surface area contributed by atoms with Crippen molar-refractivity contribution in [2.75, 3.05) is 18.4 Å². The molecule has 0 fully saturated rings. The summed E-state index contributed by atoms with van der Waals surface area (Å²) in [6, 6.07) is 19.4. The largest absolute Gasteiger partial charge is 0.385 e. The molecule has 0 aliphatic rings. The highest BCUT2D eigenvalue weighted by Gasteiger charge is 2.02. The third kappa shape index (κ3) is 4.76. The van der Waals surface area contributed by atoms with Crippen molar-refractivity contribution in [3.8, 4) is 0 Å². The summed E-state index contributed by atoms with van der Waals surface area (Å²) in [4.78, 5) is 11.8. The lowest BCUT2D eigenvalue weighted by atomic mass is 10.2. The number of benzene rings is 2. The van der Waals surface area contributed by atoms with Crippen LogP contribution in [-0.4, -0.2) is 19.0 Å². The number of carbonyl (C=O) groups is 1. The van der Waals surface area contributed by atoms with E-state index in [1.807, 2.05) is 48.5 Å². The summed E-state index contributed by atoms with van der Waals surface area (Å²) in [5, 5.41) is 6.28. The maximum absolute atomic E-state index is 11.8. The van der Waals surface area contributed by atoms with Crippen LogP contribution in [0.5, 0.6) is 0 Å². The molecule has 0 saturated heterocycles. The zero-order chi connectivity index (χ0) is 14.0. The van der Waals surface area contributed by atoms with Gasteiger partial charge >= 0.3 is 0 Å². The number of hydrogen-bond donors (Lipinski definition) is 2. The highest BCUT2D eigenvalue weighted by Crippen LogP contribution is 2.05. The van der Waals surface area contributed by atoms with Gasteiger partial charge in [0, 0.05) is 24.3 Å². The van der Waals surface area contributed by atoms with E-state index in [0.717, 1.165) is 30.6 Å². The second-order valence-electron chi connectivity index (χ2n) is 4.62. The molecule has 0 spiro atoms. The number of nitrogens with one attached hydrogen (secondary N) is 2. The second-order valence-corrected chi connectivity index (χ2v) is 4.62. The van der Waals surface area contributed by atoms with Crippen molar-refractivity contribution in [1.29, 1.82) is 0 Å². The molecule has 0 radical (unpaired) electrons. The first kappa shape index (κ1) is 14.1. The third-order valence-corrected chi connectivity index (χ3v) is 3.03. The van der Waals surface area contributed by atoms with Gasteiger partial charge in [-0.25, -0.2) is 0 Å². The van der Waals surface area contributed by atoms with Crippen LogP contribution in [0, 0.1) is 0 Å². The van der Waals surface area contributed by atoms with Crippen LogP contribution in [0.4, 0.5) is 5.69 Å². The summed E-state index contributed by atoms with van der Waals surface area (Å²) in [5.74, 6) is 0.00150. The van der Waals surface area contributed by atoms with Gasteiger partial charge in [-0.3, -0.25) is 4.79 Å². The van der Waals surface area contributed by atoms with E-state index in [2.05, 4.69) is 22.8 Å². The maximum Gasteiger partial charge on any atom is 0.251 e. The molecular formula is C17H20N2O. The predicted molar refractivity (Wildman–Crippen MR) is 82.9 cm³/mol. The molecule has 0 heterocycles. The van der Waals surface area contributed by atoms with Crippen LogP contribution in [0.25, 0.3) is 0 Å². The molecule has 104 valence electrons. The highest BCUT2D eigenvalue weighted by molar-refractivity contribution is 5.94. The first-order valence-corrected chi connectivity index (χ1v) is 6.98. The van der Waals surface area contributed by atoms with Crippen LogP contribution in [0.3, 0.4) is 0 Å². The van der Waals surface area contributed by atoms with Gasteiger partial charge in [0.1, 0.15) is 0 Å². The molecule has 0 saturated carbocycles. The Hall–Kier alpha value is -2.29. The molecule has 0 unspecified atom stereocenters. The van der Waals surface area contributed by atoms with Gasteiger partial charge in [-0.15, -0.1) is 0 Å². The zero-order valence-corrected chi connectivity index (χ0v) is 11.5. The van der Waals surface area contributed by atoms with Crippen molar-refractivity contribution in [2.24, 2.45) is 0 Å². The molecule has 0 atom stereocenters. The molecular weight excluding hydrogens is 248 g/mol. The molecule has 3 heteroatoms. The second kappa shape index (κ2) is 8.00. The molecule has 2 rings (SSSR count). The minimum Gasteiger partial charge on any atom is -0.385 e. The molecule has 2 aromatic carbocycles. The van der Waals surface area contributed by atoms with E-state index in [4.69, 9.17) is 0 Å². The Bertz CT molecular complexity index is 511. The number of anilines is 1. The van der Waals surface area contributed by atoms with Crippen molar-refractivity contribution >= 4 is 11.6 Å². The number of amides is 1. The van der Waals surface area contributed by atoms with Gasteiger partial charge in [0.25, 0.3) is 5.91 Å². The molecule has 3 nitrogen and oxygen atoms in total. The Balaban J connectivity index is 1.57. The number of rotatable bonds is 7. The number of hydrogen-bond acceptors (Lipinski definition) is 2. The summed E-state index contributed by atoms with van der Waals surface area (Å²) in [7, 11) is 0. The topological polar surface area (TPSA) is 41.1 Å². The lowest BCUT2D eigenvalue weighted by molar-refractivity contribution is 0.0953. The Morgan fingerprint density at radius 3 is 2.10 bits per heavy atom. The van der Waals surface area contributed by atoms with E-state index in [1.54, 1.807) is 0 Å². The first-order valence-electron chi connectivity index (χ1n) is 6.98. The Labute approximate surface area is 120 Å². The van der Waals surface area contributed by atoms with Crippen molar-refractivity contribution in [1.82, 2.24) is 5.32 Å². The van der Waals surface area contributed by atoms with Crippen molar-refractivity contribution in [3.05, 3.63) is 66.2 Å². The minimum atomic E-state index is 0.00150. The minimum absolute atomic E-state index is 0.00150. The van der Waals surface area contributed by atoms with Gasteiger partial charge in [0.2, 0.25) is 0 Å².